The van der Waals surface area contributed by atoms with E-state index in [4.69, 9.17) is 5.73 Å². The Kier molecular flexibility index (Phi) is 1.69. The fourth-order valence-corrected chi connectivity index (χ4v) is 2.07. The van der Waals surface area contributed by atoms with E-state index in [1.165, 1.54) is 17.7 Å². The Morgan fingerprint density at radius 1 is 1.73 bits per heavy atom. The van der Waals surface area contributed by atoms with Crippen LogP contribution in [-0.2, 0) is 0 Å². The zero-order chi connectivity index (χ0) is 7.84. The van der Waals surface area contributed by atoms with Crippen LogP contribution in [0.1, 0.15) is 29.5 Å². The minimum atomic E-state index is 0.265. The molecule has 0 bridgehead atoms. The van der Waals surface area contributed by atoms with Crippen LogP contribution >= 0.6 is 11.5 Å². The molecule has 2 rings (SSSR count). The van der Waals surface area contributed by atoms with Crippen LogP contribution < -0.4 is 5.73 Å². The number of aromatic nitrogens is 1. The van der Waals surface area contributed by atoms with Gasteiger partial charge in [0.25, 0.3) is 0 Å². The molecule has 2 nitrogen and oxygen atoms in total. The molecule has 1 aromatic rings. The summed E-state index contributed by atoms with van der Waals surface area (Å²) in [5.74, 6) is 0.745. The second kappa shape index (κ2) is 2.57. The van der Waals surface area contributed by atoms with E-state index in [1.54, 1.807) is 11.5 Å². The molecule has 0 aliphatic heterocycles. The van der Waals surface area contributed by atoms with Gasteiger partial charge in [-0.2, -0.15) is 4.37 Å². The van der Waals surface area contributed by atoms with Crippen molar-refractivity contribution >= 4 is 11.5 Å². The molecule has 1 atom stereocenters. The van der Waals surface area contributed by atoms with Gasteiger partial charge in [0.2, 0.25) is 0 Å². The predicted molar refractivity (Wildman–Crippen MR) is 46.5 cm³/mol. The number of aryl methyl sites for hydroxylation is 1. The molecule has 0 saturated heterocycles. The van der Waals surface area contributed by atoms with E-state index in [0.29, 0.717) is 0 Å². The standard InChI is InChI=1S/C8H12N2S/c1-5-4-7(11-10-5)8(9)6-2-3-6/h4,6,8H,2-3,9H2,1H3. The summed E-state index contributed by atoms with van der Waals surface area (Å²) in [5, 5.41) is 0. The van der Waals surface area contributed by atoms with Gasteiger partial charge in [-0.25, -0.2) is 0 Å². The van der Waals surface area contributed by atoms with E-state index in [-0.39, 0.29) is 6.04 Å². The number of hydrogen-bond acceptors (Lipinski definition) is 3. The molecule has 1 aliphatic carbocycles. The maximum Gasteiger partial charge on any atom is 0.0514 e. The van der Waals surface area contributed by atoms with Crippen molar-refractivity contribution in [1.82, 2.24) is 4.37 Å². The van der Waals surface area contributed by atoms with Crippen LogP contribution in [0.2, 0.25) is 0 Å². The van der Waals surface area contributed by atoms with Crippen molar-refractivity contribution in [1.29, 1.82) is 0 Å². The molecular weight excluding hydrogens is 156 g/mol. The van der Waals surface area contributed by atoms with Gasteiger partial charge in [-0.1, -0.05) is 0 Å². The van der Waals surface area contributed by atoms with E-state index in [2.05, 4.69) is 10.4 Å². The molecule has 0 amide bonds. The summed E-state index contributed by atoms with van der Waals surface area (Å²) in [6.07, 6.45) is 2.61. The first-order chi connectivity index (χ1) is 5.27. The summed E-state index contributed by atoms with van der Waals surface area (Å²) in [4.78, 5) is 1.25. The second-order valence-corrected chi connectivity index (χ2v) is 4.07. The molecule has 1 fully saturated rings. The summed E-state index contributed by atoms with van der Waals surface area (Å²) in [7, 11) is 0. The Morgan fingerprint density at radius 2 is 2.45 bits per heavy atom. The predicted octanol–water partition coefficient (Wildman–Crippen LogP) is 1.86. The molecule has 3 heteroatoms. The van der Waals surface area contributed by atoms with Gasteiger partial charge >= 0.3 is 0 Å². The Hall–Kier alpha value is -0.410. The average Bonchev–Trinajstić information content (AvgIpc) is 2.74. The molecule has 0 radical (unpaired) electrons. The van der Waals surface area contributed by atoms with Gasteiger partial charge in [-0.3, -0.25) is 0 Å². The van der Waals surface area contributed by atoms with E-state index >= 15 is 0 Å². The third-order valence-corrected chi connectivity index (χ3v) is 3.08. The maximum absolute atomic E-state index is 5.98. The molecule has 60 valence electrons. The average molecular weight is 168 g/mol. The summed E-state index contributed by atoms with van der Waals surface area (Å²) < 4.78 is 4.21. The third kappa shape index (κ3) is 1.44. The van der Waals surface area contributed by atoms with Crippen molar-refractivity contribution in [2.24, 2.45) is 11.7 Å². The Morgan fingerprint density at radius 3 is 2.91 bits per heavy atom. The smallest absolute Gasteiger partial charge is 0.0514 e. The lowest BCUT2D eigenvalue weighted by Gasteiger charge is -2.04. The SMILES string of the molecule is Cc1cc(C(N)C2CC2)sn1. The molecule has 0 aromatic carbocycles. The van der Waals surface area contributed by atoms with Crippen molar-refractivity contribution in [3.63, 3.8) is 0 Å². The second-order valence-electron chi connectivity index (χ2n) is 3.23. The highest BCUT2D eigenvalue weighted by Crippen LogP contribution is 2.40. The van der Waals surface area contributed by atoms with Crippen LogP contribution in [-0.4, -0.2) is 4.37 Å². The van der Waals surface area contributed by atoms with Crippen LogP contribution in [0.5, 0.6) is 0 Å². The molecule has 1 unspecified atom stereocenters. The lowest BCUT2D eigenvalue weighted by Crippen LogP contribution is -2.10. The van der Waals surface area contributed by atoms with E-state index in [9.17, 15) is 0 Å². The zero-order valence-electron chi connectivity index (χ0n) is 6.58. The number of nitrogens with two attached hydrogens (primary N) is 1. The minimum Gasteiger partial charge on any atom is -0.323 e. The molecule has 1 aliphatic rings. The molecule has 1 saturated carbocycles. The Labute approximate surface area is 70.6 Å². The number of nitrogens with zero attached hydrogens (tertiary/aromatic N) is 1. The molecule has 0 spiro atoms. The zero-order valence-corrected chi connectivity index (χ0v) is 7.40. The van der Waals surface area contributed by atoms with Crippen molar-refractivity contribution < 1.29 is 0 Å². The fraction of sp³-hybridized carbons (Fsp3) is 0.625. The normalized spacial score (nSPS) is 20.2. The maximum atomic E-state index is 5.98. The minimum absolute atomic E-state index is 0.265. The van der Waals surface area contributed by atoms with Gasteiger partial charge in [0.1, 0.15) is 0 Å². The van der Waals surface area contributed by atoms with Crippen molar-refractivity contribution in [3.8, 4) is 0 Å². The molecule has 2 N–H and O–H groups in total. The van der Waals surface area contributed by atoms with E-state index in [0.717, 1.165) is 11.6 Å². The number of hydrogen-bond donors (Lipinski definition) is 1. The number of rotatable bonds is 2. The highest BCUT2D eigenvalue weighted by Gasteiger charge is 2.30. The Balaban J connectivity index is 2.14. The highest BCUT2D eigenvalue weighted by molar-refractivity contribution is 7.05. The first-order valence-corrected chi connectivity index (χ1v) is 4.73. The van der Waals surface area contributed by atoms with Crippen molar-refractivity contribution in [3.05, 3.63) is 16.6 Å². The van der Waals surface area contributed by atoms with Gasteiger partial charge in [-0.05, 0) is 43.3 Å². The van der Waals surface area contributed by atoms with Gasteiger partial charge in [0.05, 0.1) is 5.69 Å². The van der Waals surface area contributed by atoms with Gasteiger partial charge in [0.15, 0.2) is 0 Å². The molecular formula is C8H12N2S. The van der Waals surface area contributed by atoms with Crippen molar-refractivity contribution in [2.75, 3.05) is 0 Å². The quantitative estimate of drug-likeness (QED) is 0.732. The van der Waals surface area contributed by atoms with Gasteiger partial charge in [0, 0.05) is 10.9 Å². The van der Waals surface area contributed by atoms with Gasteiger partial charge in [-0.15, -0.1) is 0 Å². The summed E-state index contributed by atoms with van der Waals surface area (Å²) in [6.45, 7) is 2.01. The Bertz CT molecular complexity index is 252. The largest absolute Gasteiger partial charge is 0.323 e. The topological polar surface area (TPSA) is 38.9 Å². The monoisotopic (exact) mass is 168 g/mol. The van der Waals surface area contributed by atoms with E-state index < -0.39 is 0 Å². The lowest BCUT2D eigenvalue weighted by molar-refractivity contribution is 0.644. The molecule has 1 heterocycles. The first kappa shape index (κ1) is 7.25. The summed E-state index contributed by atoms with van der Waals surface area (Å²) >= 11 is 1.55. The fourth-order valence-electron chi connectivity index (χ4n) is 1.23. The van der Waals surface area contributed by atoms with Crippen molar-refractivity contribution in [2.45, 2.75) is 25.8 Å². The lowest BCUT2D eigenvalue weighted by atomic mass is 10.1. The van der Waals surface area contributed by atoms with Crippen LogP contribution in [0.15, 0.2) is 6.07 Å². The van der Waals surface area contributed by atoms with Crippen LogP contribution in [0.25, 0.3) is 0 Å². The van der Waals surface area contributed by atoms with E-state index in [1.807, 2.05) is 6.92 Å². The van der Waals surface area contributed by atoms with Crippen LogP contribution in [0, 0.1) is 12.8 Å². The highest BCUT2D eigenvalue weighted by atomic mass is 32.1. The third-order valence-electron chi connectivity index (χ3n) is 2.10. The van der Waals surface area contributed by atoms with Crippen LogP contribution in [0.4, 0.5) is 0 Å². The summed E-state index contributed by atoms with van der Waals surface area (Å²) in [5.41, 5.74) is 7.08. The first-order valence-electron chi connectivity index (χ1n) is 3.96. The van der Waals surface area contributed by atoms with Crippen LogP contribution in [0.3, 0.4) is 0 Å². The molecule has 1 aromatic heterocycles. The van der Waals surface area contributed by atoms with Gasteiger partial charge < -0.3 is 5.73 Å². The molecule has 11 heavy (non-hydrogen) atoms. The summed E-state index contributed by atoms with van der Waals surface area (Å²) in [6, 6.07) is 2.37.